The fourth-order valence-corrected chi connectivity index (χ4v) is 2.23. The maximum absolute atomic E-state index is 11.9. The van der Waals surface area contributed by atoms with Crippen molar-refractivity contribution in [3.63, 3.8) is 0 Å². The average Bonchev–Trinajstić information content (AvgIpc) is 2.43. The Morgan fingerprint density at radius 2 is 2.10 bits per heavy atom. The zero-order chi connectivity index (χ0) is 14.4. The number of alkyl halides is 2. The van der Waals surface area contributed by atoms with Crippen molar-refractivity contribution < 1.29 is 18.3 Å². The summed E-state index contributed by atoms with van der Waals surface area (Å²) in [6.07, 6.45) is -1.73. The molecule has 20 heavy (non-hydrogen) atoms. The molecule has 1 aliphatic heterocycles. The molecule has 1 N–H and O–H groups in total. The smallest absolute Gasteiger partial charge is 0.261 e. The van der Waals surface area contributed by atoms with E-state index >= 15 is 0 Å². The maximum Gasteiger partial charge on any atom is 0.261 e. The van der Waals surface area contributed by atoms with Gasteiger partial charge in [-0.3, -0.25) is 0 Å². The van der Waals surface area contributed by atoms with E-state index in [2.05, 4.69) is 5.32 Å². The van der Waals surface area contributed by atoms with E-state index in [0.717, 1.165) is 11.4 Å². The average molecular weight is 306 g/mol. The van der Waals surface area contributed by atoms with E-state index in [9.17, 15) is 8.78 Å². The Morgan fingerprint density at radius 3 is 2.70 bits per heavy atom. The van der Waals surface area contributed by atoms with Crippen LogP contribution in [-0.4, -0.2) is 44.9 Å². The molecule has 2 rings (SSSR count). The molecule has 0 aliphatic carbocycles. The van der Waals surface area contributed by atoms with Gasteiger partial charge in [0.15, 0.2) is 0 Å². The molecular weight excluding hydrogens is 288 g/mol. The lowest BCUT2D eigenvalue weighted by Crippen LogP contribution is -2.49. The molecule has 0 aromatic heterocycles. The summed E-state index contributed by atoms with van der Waals surface area (Å²) in [5, 5.41) is 4.07. The van der Waals surface area contributed by atoms with Gasteiger partial charge in [0.05, 0.1) is 19.3 Å². The summed E-state index contributed by atoms with van der Waals surface area (Å²) in [4.78, 5) is 0. The third kappa shape index (κ3) is 5.32. The van der Waals surface area contributed by atoms with Crippen LogP contribution in [0.3, 0.4) is 0 Å². The van der Waals surface area contributed by atoms with Crippen molar-refractivity contribution in [2.24, 2.45) is 0 Å². The first-order valence-corrected chi connectivity index (χ1v) is 6.96. The molecule has 0 radical (unpaired) electrons. The zero-order valence-corrected chi connectivity index (χ0v) is 11.8. The van der Waals surface area contributed by atoms with Gasteiger partial charge in [-0.15, -0.1) is 0 Å². The Morgan fingerprint density at radius 1 is 1.35 bits per heavy atom. The van der Waals surface area contributed by atoms with E-state index in [1.165, 1.54) is 5.56 Å². The molecule has 3 nitrogen and oxygen atoms in total. The summed E-state index contributed by atoms with van der Waals surface area (Å²) < 4.78 is 34.3. The molecule has 0 bridgehead atoms. The van der Waals surface area contributed by atoms with Crippen molar-refractivity contribution >= 4 is 11.6 Å². The number of halogens is 3. The molecule has 1 heterocycles. The van der Waals surface area contributed by atoms with Crippen molar-refractivity contribution in [3.05, 3.63) is 34.9 Å². The van der Waals surface area contributed by atoms with Crippen molar-refractivity contribution in [2.75, 3.05) is 26.4 Å². The quantitative estimate of drug-likeness (QED) is 0.876. The minimum atomic E-state index is -2.43. The van der Waals surface area contributed by atoms with Gasteiger partial charge in [0.2, 0.25) is 0 Å². The standard InChI is InChI=1S/C14H18ClF2NO2/c15-11-3-1-10(2-4-11)5-12-7-20-13(6-18-12)8-19-9-14(16)17/h1-4,12-14,18H,5-9H2. The molecule has 1 aromatic carbocycles. The van der Waals surface area contributed by atoms with Crippen molar-refractivity contribution in [2.45, 2.75) is 25.0 Å². The van der Waals surface area contributed by atoms with Crippen molar-refractivity contribution in [1.29, 1.82) is 0 Å². The summed E-state index contributed by atoms with van der Waals surface area (Å²) in [6.45, 7) is 0.825. The number of hydrogen-bond acceptors (Lipinski definition) is 3. The number of hydrogen-bond donors (Lipinski definition) is 1. The van der Waals surface area contributed by atoms with Crippen molar-refractivity contribution in [3.8, 4) is 0 Å². The molecule has 2 atom stereocenters. The van der Waals surface area contributed by atoms with Gasteiger partial charge in [0, 0.05) is 17.6 Å². The van der Waals surface area contributed by atoms with Crippen LogP contribution in [-0.2, 0) is 15.9 Å². The predicted molar refractivity (Wildman–Crippen MR) is 73.5 cm³/mol. The minimum Gasteiger partial charge on any atom is -0.373 e. The molecule has 0 saturated carbocycles. The van der Waals surface area contributed by atoms with Crippen LogP contribution in [0.4, 0.5) is 8.78 Å². The van der Waals surface area contributed by atoms with E-state index in [-0.39, 0.29) is 18.8 Å². The highest BCUT2D eigenvalue weighted by Gasteiger charge is 2.21. The van der Waals surface area contributed by atoms with Gasteiger partial charge in [-0.2, -0.15) is 0 Å². The molecular formula is C14H18ClF2NO2. The highest BCUT2D eigenvalue weighted by Crippen LogP contribution is 2.13. The van der Waals surface area contributed by atoms with Crippen LogP contribution < -0.4 is 5.32 Å². The van der Waals surface area contributed by atoms with E-state index in [4.69, 9.17) is 21.1 Å². The molecule has 2 unspecified atom stereocenters. The first-order valence-electron chi connectivity index (χ1n) is 6.59. The monoisotopic (exact) mass is 305 g/mol. The SMILES string of the molecule is FC(F)COCC1CNC(Cc2ccc(Cl)cc2)CO1. The van der Waals surface area contributed by atoms with Crippen LogP contribution in [0.2, 0.25) is 5.02 Å². The number of ether oxygens (including phenoxy) is 2. The van der Waals surface area contributed by atoms with Gasteiger partial charge >= 0.3 is 0 Å². The number of morpholine rings is 1. The van der Waals surface area contributed by atoms with Crippen LogP contribution in [0.5, 0.6) is 0 Å². The second-order valence-electron chi connectivity index (χ2n) is 4.82. The Labute approximate surface area is 122 Å². The molecule has 0 amide bonds. The summed E-state index contributed by atoms with van der Waals surface area (Å²) in [5.41, 5.74) is 1.18. The molecule has 1 fully saturated rings. The molecule has 1 aliphatic rings. The molecule has 0 spiro atoms. The lowest BCUT2D eigenvalue weighted by Gasteiger charge is -2.30. The predicted octanol–water partition coefficient (Wildman–Crippen LogP) is 2.52. The van der Waals surface area contributed by atoms with E-state index in [0.29, 0.717) is 13.2 Å². The second kappa shape index (κ2) is 7.88. The third-order valence-corrected chi connectivity index (χ3v) is 3.36. The Kier molecular flexibility index (Phi) is 6.16. The van der Waals surface area contributed by atoms with Gasteiger partial charge in [-0.05, 0) is 24.1 Å². The van der Waals surface area contributed by atoms with Gasteiger partial charge in [-0.1, -0.05) is 23.7 Å². The largest absolute Gasteiger partial charge is 0.373 e. The molecule has 1 aromatic rings. The number of rotatable bonds is 6. The van der Waals surface area contributed by atoms with E-state index in [1.807, 2.05) is 24.3 Å². The van der Waals surface area contributed by atoms with Gasteiger partial charge in [0.1, 0.15) is 6.61 Å². The van der Waals surface area contributed by atoms with Gasteiger partial charge < -0.3 is 14.8 Å². The first-order chi connectivity index (χ1) is 9.63. The van der Waals surface area contributed by atoms with Crippen molar-refractivity contribution in [1.82, 2.24) is 5.32 Å². The van der Waals surface area contributed by atoms with E-state index in [1.54, 1.807) is 0 Å². The van der Waals surface area contributed by atoms with Crippen LogP contribution in [0.1, 0.15) is 5.56 Å². The van der Waals surface area contributed by atoms with Crippen LogP contribution >= 0.6 is 11.6 Å². The lowest BCUT2D eigenvalue weighted by atomic mass is 10.1. The summed E-state index contributed by atoms with van der Waals surface area (Å²) >= 11 is 5.84. The highest BCUT2D eigenvalue weighted by molar-refractivity contribution is 6.30. The highest BCUT2D eigenvalue weighted by atomic mass is 35.5. The number of nitrogens with one attached hydrogen (secondary N) is 1. The fourth-order valence-electron chi connectivity index (χ4n) is 2.10. The molecule has 1 saturated heterocycles. The third-order valence-electron chi connectivity index (χ3n) is 3.11. The topological polar surface area (TPSA) is 30.5 Å². The molecule has 112 valence electrons. The Hall–Kier alpha value is -0.750. The van der Waals surface area contributed by atoms with Crippen LogP contribution in [0.15, 0.2) is 24.3 Å². The Bertz CT molecular complexity index is 395. The number of benzene rings is 1. The minimum absolute atomic E-state index is 0.157. The van der Waals surface area contributed by atoms with E-state index < -0.39 is 13.0 Å². The summed E-state index contributed by atoms with van der Waals surface area (Å²) in [6, 6.07) is 7.93. The molecule has 6 heteroatoms. The second-order valence-corrected chi connectivity index (χ2v) is 5.26. The summed E-state index contributed by atoms with van der Waals surface area (Å²) in [5.74, 6) is 0. The van der Waals surface area contributed by atoms with Gasteiger partial charge in [-0.25, -0.2) is 8.78 Å². The maximum atomic E-state index is 11.9. The van der Waals surface area contributed by atoms with Gasteiger partial charge in [0.25, 0.3) is 6.43 Å². The summed E-state index contributed by atoms with van der Waals surface area (Å²) in [7, 11) is 0. The zero-order valence-electron chi connectivity index (χ0n) is 11.0. The van der Waals surface area contributed by atoms with Crippen LogP contribution in [0, 0.1) is 0 Å². The first kappa shape index (κ1) is 15.6. The fraction of sp³-hybridized carbons (Fsp3) is 0.571. The van der Waals surface area contributed by atoms with Crippen LogP contribution in [0.25, 0.3) is 0 Å². The normalized spacial score (nSPS) is 23.2. The lowest BCUT2D eigenvalue weighted by molar-refractivity contribution is -0.0658. The Balaban J connectivity index is 1.67.